The molecule has 3 rings (SSSR count). The number of imidazole rings is 1. The van der Waals surface area contributed by atoms with Crippen molar-refractivity contribution in [3.05, 3.63) is 64.4 Å². The van der Waals surface area contributed by atoms with Crippen LogP contribution in [0.2, 0.25) is 0 Å². The maximum atomic E-state index is 12.4. The maximum absolute atomic E-state index is 12.4. The summed E-state index contributed by atoms with van der Waals surface area (Å²) in [5, 5.41) is 2.86. The zero-order valence-corrected chi connectivity index (χ0v) is 16.7. The lowest BCUT2D eigenvalue weighted by Gasteiger charge is -2.12. The molecule has 2 aromatic carbocycles. The molecule has 140 valence electrons. The summed E-state index contributed by atoms with van der Waals surface area (Å²) in [6.45, 7) is 3.86. The second kappa shape index (κ2) is 8.35. The number of hydrogen-bond acceptors (Lipinski definition) is 4. The number of esters is 1. The molecule has 3 aromatic rings. The van der Waals surface area contributed by atoms with E-state index in [2.05, 4.69) is 26.2 Å². The van der Waals surface area contributed by atoms with Crippen molar-refractivity contribution in [3.63, 3.8) is 0 Å². The van der Waals surface area contributed by atoms with Crippen LogP contribution in [0, 0.1) is 0 Å². The molecule has 0 bridgehead atoms. The van der Waals surface area contributed by atoms with Gasteiger partial charge in [-0.05, 0) is 44.2 Å². The average molecular weight is 430 g/mol. The molecule has 7 heteroatoms. The van der Waals surface area contributed by atoms with Crippen molar-refractivity contribution in [2.45, 2.75) is 33.0 Å². The van der Waals surface area contributed by atoms with Crippen LogP contribution in [-0.4, -0.2) is 27.5 Å². The van der Waals surface area contributed by atoms with Crippen LogP contribution < -0.4 is 5.32 Å². The van der Waals surface area contributed by atoms with Gasteiger partial charge < -0.3 is 14.6 Å². The van der Waals surface area contributed by atoms with Crippen molar-refractivity contribution in [1.82, 2.24) is 14.9 Å². The van der Waals surface area contributed by atoms with Gasteiger partial charge in [-0.2, -0.15) is 0 Å². The minimum Gasteiger partial charge on any atom is -0.462 e. The van der Waals surface area contributed by atoms with Crippen molar-refractivity contribution < 1.29 is 14.3 Å². The SMILES string of the molecule is CC(C)OC(=O)Cn1c(CNC(=O)c2cccc(Br)c2)nc2ccccc21. The number of ether oxygens (including phenoxy) is 1. The molecule has 0 saturated heterocycles. The van der Waals surface area contributed by atoms with E-state index in [0.29, 0.717) is 11.4 Å². The number of hydrogen-bond donors (Lipinski definition) is 1. The summed E-state index contributed by atoms with van der Waals surface area (Å²) in [5.41, 5.74) is 2.14. The second-order valence-corrected chi connectivity index (χ2v) is 7.25. The third-order valence-corrected chi connectivity index (χ3v) is 4.38. The molecular weight excluding hydrogens is 410 g/mol. The molecule has 0 aliphatic carbocycles. The molecular formula is C20H20BrN3O3. The van der Waals surface area contributed by atoms with E-state index in [-0.39, 0.29) is 31.1 Å². The minimum absolute atomic E-state index is 0.0424. The average Bonchev–Trinajstić information content (AvgIpc) is 2.96. The number of carbonyl (C=O) groups excluding carboxylic acids is 2. The highest BCUT2D eigenvalue weighted by Crippen LogP contribution is 2.17. The van der Waals surface area contributed by atoms with E-state index in [1.165, 1.54) is 0 Å². The summed E-state index contributed by atoms with van der Waals surface area (Å²) in [5.74, 6) is 0.0487. The number of nitrogens with one attached hydrogen (secondary N) is 1. The number of para-hydroxylation sites is 2. The Morgan fingerprint density at radius 2 is 1.96 bits per heavy atom. The Labute approximate surface area is 165 Å². The molecule has 0 unspecified atom stereocenters. The standard InChI is InChI=1S/C20H20BrN3O3/c1-13(2)27-19(25)12-24-17-9-4-3-8-16(17)23-18(24)11-22-20(26)14-6-5-7-15(21)10-14/h3-10,13H,11-12H2,1-2H3,(H,22,26). The molecule has 27 heavy (non-hydrogen) atoms. The monoisotopic (exact) mass is 429 g/mol. The van der Waals surface area contributed by atoms with Crippen molar-refractivity contribution in [2.75, 3.05) is 0 Å². The Morgan fingerprint density at radius 1 is 1.19 bits per heavy atom. The Bertz CT molecular complexity index is 982. The number of rotatable bonds is 6. The van der Waals surface area contributed by atoms with Crippen LogP contribution in [0.1, 0.15) is 30.0 Å². The lowest BCUT2D eigenvalue weighted by molar-refractivity contribution is -0.148. The zero-order chi connectivity index (χ0) is 19.4. The highest BCUT2D eigenvalue weighted by molar-refractivity contribution is 9.10. The summed E-state index contributed by atoms with van der Waals surface area (Å²) < 4.78 is 7.87. The van der Waals surface area contributed by atoms with Crippen molar-refractivity contribution in [3.8, 4) is 0 Å². The van der Waals surface area contributed by atoms with Crippen LogP contribution in [0.3, 0.4) is 0 Å². The molecule has 0 saturated carbocycles. The van der Waals surface area contributed by atoms with Gasteiger partial charge in [-0.3, -0.25) is 9.59 Å². The number of halogens is 1. The Hall–Kier alpha value is -2.67. The first-order valence-corrected chi connectivity index (χ1v) is 9.40. The van der Waals surface area contributed by atoms with Gasteiger partial charge in [0, 0.05) is 10.0 Å². The van der Waals surface area contributed by atoms with Gasteiger partial charge in [-0.25, -0.2) is 4.98 Å². The van der Waals surface area contributed by atoms with Crippen molar-refractivity contribution in [2.24, 2.45) is 0 Å². The molecule has 0 aliphatic heterocycles. The van der Waals surface area contributed by atoms with Gasteiger partial charge in [-0.1, -0.05) is 34.1 Å². The minimum atomic E-state index is -0.340. The molecule has 0 aliphatic rings. The van der Waals surface area contributed by atoms with Crippen LogP contribution in [0.4, 0.5) is 0 Å². The van der Waals surface area contributed by atoms with Gasteiger partial charge >= 0.3 is 5.97 Å². The number of carbonyl (C=O) groups is 2. The number of amides is 1. The van der Waals surface area contributed by atoms with Crippen LogP contribution in [-0.2, 0) is 22.6 Å². The van der Waals surface area contributed by atoms with E-state index in [0.717, 1.165) is 15.5 Å². The number of benzene rings is 2. The van der Waals surface area contributed by atoms with E-state index >= 15 is 0 Å². The van der Waals surface area contributed by atoms with Gasteiger partial charge in [0.05, 0.1) is 23.7 Å². The summed E-state index contributed by atoms with van der Waals surface area (Å²) in [6.07, 6.45) is -0.188. The summed E-state index contributed by atoms with van der Waals surface area (Å²) in [7, 11) is 0. The van der Waals surface area contributed by atoms with Crippen molar-refractivity contribution >= 4 is 38.8 Å². The molecule has 0 atom stereocenters. The first-order valence-electron chi connectivity index (χ1n) is 8.61. The van der Waals surface area contributed by atoms with E-state index in [1.807, 2.05) is 44.2 Å². The first-order chi connectivity index (χ1) is 12.9. The zero-order valence-electron chi connectivity index (χ0n) is 15.1. The van der Waals surface area contributed by atoms with E-state index in [1.54, 1.807) is 22.8 Å². The fourth-order valence-electron chi connectivity index (χ4n) is 2.76. The van der Waals surface area contributed by atoms with Gasteiger partial charge in [0.15, 0.2) is 0 Å². The quantitative estimate of drug-likeness (QED) is 0.606. The van der Waals surface area contributed by atoms with Gasteiger partial charge in [0.2, 0.25) is 0 Å². The third kappa shape index (κ3) is 4.74. The Balaban J connectivity index is 1.82. The molecule has 1 heterocycles. The predicted molar refractivity (Wildman–Crippen MR) is 106 cm³/mol. The summed E-state index contributed by atoms with van der Waals surface area (Å²) >= 11 is 3.36. The Morgan fingerprint density at radius 3 is 2.70 bits per heavy atom. The highest BCUT2D eigenvalue weighted by atomic mass is 79.9. The first kappa shape index (κ1) is 19.1. The number of aromatic nitrogens is 2. The smallest absolute Gasteiger partial charge is 0.326 e. The fraction of sp³-hybridized carbons (Fsp3) is 0.250. The molecule has 1 aromatic heterocycles. The van der Waals surface area contributed by atoms with E-state index < -0.39 is 0 Å². The van der Waals surface area contributed by atoms with Crippen LogP contribution in [0.25, 0.3) is 11.0 Å². The lowest BCUT2D eigenvalue weighted by Crippen LogP contribution is -2.26. The normalized spacial score (nSPS) is 11.0. The molecule has 0 spiro atoms. The number of fused-ring (bicyclic) bond motifs is 1. The predicted octanol–water partition coefficient (Wildman–Crippen LogP) is 3.68. The van der Waals surface area contributed by atoms with E-state index in [9.17, 15) is 9.59 Å². The summed E-state index contributed by atoms with van der Waals surface area (Å²) in [6, 6.07) is 14.7. The van der Waals surface area contributed by atoms with Crippen LogP contribution in [0.5, 0.6) is 0 Å². The largest absolute Gasteiger partial charge is 0.462 e. The van der Waals surface area contributed by atoms with Crippen LogP contribution in [0.15, 0.2) is 53.0 Å². The van der Waals surface area contributed by atoms with Gasteiger partial charge in [0.1, 0.15) is 12.4 Å². The molecule has 1 amide bonds. The highest BCUT2D eigenvalue weighted by Gasteiger charge is 2.16. The van der Waals surface area contributed by atoms with Crippen LogP contribution >= 0.6 is 15.9 Å². The summed E-state index contributed by atoms with van der Waals surface area (Å²) in [4.78, 5) is 29.1. The molecule has 0 fully saturated rings. The Kier molecular flexibility index (Phi) is 5.91. The number of nitrogens with zero attached hydrogens (tertiary/aromatic N) is 2. The molecule has 6 nitrogen and oxygen atoms in total. The van der Waals surface area contributed by atoms with Gasteiger partial charge in [-0.15, -0.1) is 0 Å². The second-order valence-electron chi connectivity index (χ2n) is 6.33. The van der Waals surface area contributed by atoms with E-state index in [4.69, 9.17) is 4.74 Å². The maximum Gasteiger partial charge on any atom is 0.326 e. The third-order valence-electron chi connectivity index (χ3n) is 3.88. The molecule has 0 radical (unpaired) electrons. The molecule has 1 N–H and O–H groups in total. The van der Waals surface area contributed by atoms with Crippen molar-refractivity contribution in [1.29, 1.82) is 0 Å². The van der Waals surface area contributed by atoms with Gasteiger partial charge in [0.25, 0.3) is 5.91 Å². The fourth-order valence-corrected chi connectivity index (χ4v) is 3.16. The topological polar surface area (TPSA) is 73.2 Å². The lowest BCUT2D eigenvalue weighted by atomic mass is 10.2.